The maximum atomic E-state index is 7.21. The highest BCUT2D eigenvalue weighted by Gasteiger charge is 2.26. The standard InChI is InChI=1S/C22H31BrN6S2.C10H13BrN4S2.C4H9N.2BrH/c23-20-6-5-18(10-30-21-24-12-28(13-25-21)8-16-1-2-16)19(7-20)11-31-22-26-14-29(15-27-22)9-17-3-4-17;11-8-2-1-6(4-16-9(12)13)7(3-8)5-17-10(14)15;5-3-4-1-2-4;;/h5-7,16-17H,1-4,8-15H2,(H,24,25)(H,26,27);1-3H,4-5H2,(H3,12,13)(H3,14,15);4H,1-3,5H2;2*1H. The zero-order valence-corrected chi connectivity index (χ0v) is 40.8. The van der Waals surface area contributed by atoms with E-state index in [1.165, 1.54) is 86.3 Å². The number of halogens is 4. The van der Waals surface area contributed by atoms with Crippen LogP contribution in [0.1, 0.15) is 60.8 Å². The van der Waals surface area contributed by atoms with Crippen molar-refractivity contribution in [1.29, 1.82) is 10.8 Å². The molecule has 0 bridgehead atoms. The van der Waals surface area contributed by atoms with Crippen LogP contribution in [0.25, 0.3) is 0 Å². The van der Waals surface area contributed by atoms with E-state index in [2.05, 4.69) is 70.5 Å². The summed E-state index contributed by atoms with van der Waals surface area (Å²) in [5.41, 5.74) is 20.8. The molecule has 55 heavy (non-hydrogen) atoms. The van der Waals surface area contributed by atoms with Gasteiger partial charge in [-0.3, -0.25) is 20.6 Å². The molecule has 306 valence electrons. The Kier molecular flexibility index (Phi) is 23.0. The number of benzene rings is 2. The molecule has 10 N–H and O–H groups in total. The molecule has 0 unspecified atom stereocenters. The largest absolute Gasteiger partial charge is 0.379 e. The third-order valence-electron chi connectivity index (χ3n) is 9.03. The van der Waals surface area contributed by atoms with E-state index in [9.17, 15) is 0 Å². The topological polar surface area (TPSA) is 181 Å². The molecule has 0 amide bonds. The van der Waals surface area contributed by atoms with E-state index < -0.39 is 0 Å². The van der Waals surface area contributed by atoms with Crippen LogP contribution in [0.4, 0.5) is 0 Å². The number of hydrogen-bond donors (Lipinski definition) is 7. The molecule has 0 radical (unpaired) electrons. The summed E-state index contributed by atoms with van der Waals surface area (Å²) in [5.74, 6) is 5.93. The lowest BCUT2D eigenvalue weighted by molar-refractivity contribution is 0.256. The van der Waals surface area contributed by atoms with Crippen LogP contribution in [-0.4, -0.2) is 76.8 Å². The Morgan fingerprint density at radius 2 is 1.05 bits per heavy atom. The van der Waals surface area contributed by atoms with Crippen LogP contribution in [0.2, 0.25) is 0 Å². The fourth-order valence-corrected chi connectivity index (χ4v) is 9.12. The van der Waals surface area contributed by atoms with Gasteiger partial charge in [0.25, 0.3) is 0 Å². The van der Waals surface area contributed by atoms with E-state index in [0.29, 0.717) is 11.5 Å². The summed E-state index contributed by atoms with van der Waals surface area (Å²) in [6, 6.07) is 12.6. The van der Waals surface area contributed by atoms with E-state index in [-0.39, 0.29) is 44.3 Å². The molecule has 11 nitrogen and oxygen atoms in total. The van der Waals surface area contributed by atoms with Crippen molar-refractivity contribution in [3.8, 4) is 0 Å². The minimum Gasteiger partial charge on any atom is -0.379 e. The lowest BCUT2D eigenvalue weighted by Gasteiger charge is -2.27. The summed E-state index contributed by atoms with van der Waals surface area (Å²) in [7, 11) is 0. The molecule has 0 aromatic heterocycles. The van der Waals surface area contributed by atoms with Crippen molar-refractivity contribution >= 4 is 134 Å². The maximum Gasteiger partial charge on any atom is 0.159 e. The molecule has 3 fully saturated rings. The molecule has 3 aliphatic carbocycles. The first kappa shape index (κ1) is 48.9. The molecule has 19 heteroatoms. The van der Waals surface area contributed by atoms with Gasteiger partial charge in [-0.05, 0) is 109 Å². The molecule has 2 aromatic rings. The van der Waals surface area contributed by atoms with Gasteiger partial charge in [-0.15, -0.1) is 34.0 Å². The van der Waals surface area contributed by atoms with E-state index in [1.807, 2.05) is 41.7 Å². The van der Waals surface area contributed by atoms with Crippen molar-refractivity contribution in [3.63, 3.8) is 0 Å². The summed E-state index contributed by atoms with van der Waals surface area (Å²) in [6.07, 6.45) is 8.35. The molecule has 0 spiro atoms. The lowest BCUT2D eigenvalue weighted by atomic mass is 10.1. The fourth-order valence-electron chi connectivity index (χ4n) is 5.36. The number of nitrogens with two attached hydrogens (primary N) is 3. The van der Waals surface area contributed by atoms with Crippen molar-refractivity contribution in [2.45, 2.75) is 61.5 Å². The highest BCUT2D eigenvalue weighted by atomic mass is 79.9. The summed E-state index contributed by atoms with van der Waals surface area (Å²) in [4.78, 5) is 14.3. The number of thioether (sulfide) groups is 4. The van der Waals surface area contributed by atoms with E-state index in [1.54, 1.807) is 0 Å². The Bertz CT molecular complexity index is 1590. The third-order valence-corrected chi connectivity index (χ3v) is 13.5. The molecule has 2 aliphatic heterocycles. The van der Waals surface area contributed by atoms with Gasteiger partial charge in [-0.25, -0.2) is 9.98 Å². The summed E-state index contributed by atoms with van der Waals surface area (Å²) in [5, 5.41) is 23.8. The van der Waals surface area contributed by atoms with Gasteiger partial charge in [0.05, 0.1) is 26.7 Å². The van der Waals surface area contributed by atoms with Gasteiger partial charge >= 0.3 is 0 Å². The first-order chi connectivity index (χ1) is 25.6. The minimum absolute atomic E-state index is 0. The molecule has 7 rings (SSSR count). The molecular formula is C36H55Br4N11S4. The quantitative estimate of drug-likeness (QED) is 0.0758. The van der Waals surface area contributed by atoms with Gasteiger partial charge in [0, 0.05) is 45.0 Å². The number of rotatable bonds is 13. The summed E-state index contributed by atoms with van der Waals surface area (Å²) in [6.45, 7) is 6.81. The zero-order chi connectivity index (χ0) is 37.6. The van der Waals surface area contributed by atoms with Crippen molar-refractivity contribution in [2.24, 2.45) is 44.9 Å². The minimum atomic E-state index is 0. The Morgan fingerprint density at radius 3 is 1.42 bits per heavy atom. The molecular weight excluding hydrogens is 1030 g/mol. The SMILES string of the molecule is Br.Br.Brc1ccc(CSC2=NCN(CC3CC3)CN2)c(CSC2=NCN(CC3CC3)CN2)c1.N=C(N)SCc1ccc(Br)cc1CSC(=N)N.NCC1CC1. The van der Waals surface area contributed by atoms with E-state index >= 15 is 0 Å². The molecule has 3 saturated carbocycles. The smallest absolute Gasteiger partial charge is 0.159 e. The second kappa shape index (κ2) is 25.9. The maximum absolute atomic E-state index is 7.21. The molecule has 5 aliphatic rings. The number of nitrogens with zero attached hydrogens (tertiary/aromatic N) is 4. The average molecular weight is 1090 g/mol. The van der Waals surface area contributed by atoms with Crippen LogP contribution >= 0.6 is 113 Å². The number of amidine groups is 4. The molecule has 2 heterocycles. The molecule has 0 atom stereocenters. The van der Waals surface area contributed by atoms with Gasteiger partial charge in [-0.2, -0.15) is 0 Å². The van der Waals surface area contributed by atoms with Crippen molar-refractivity contribution < 1.29 is 0 Å². The monoisotopic (exact) mass is 1090 g/mol. The van der Waals surface area contributed by atoms with Gasteiger partial charge < -0.3 is 27.8 Å². The van der Waals surface area contributed by atoms with Crippen LogP contribution in [0.15, 0.2) is 55.3 Å². The first-order valence-corrected chi connectivity index (χ1v) is 23.6. The molecule has 0 saturated heterocycles. The highest BCUT2D eigenvalue weighted by Crippen LogP contribution is 2.32. The normalized spacial score (nSPS) is 17.9. The second-order valence-electron chi connectivity index (χ2n) is 13.9. The highest BCUT2D eigenvalue weighted by molar-refractivity contribution is 9.10. The Balaban J connectivity index is 0.000000286. The summed E-state index contributed by atoms with van der Waals surface area (Å²) >= 11 is 13.3. The lowest BCUT2D eigenvalue weighted by Crippen LogP contribution is -2.42. The van der Waals surface area contributed by atoms with Crippen molar-refractivity contribution in [3.05, 3.63) is 67.6 Å². The van der Waals surface area contributed by atoms with Crippen LogP contribution in [0, 0.1) is 28.6 Å². The van der Waals surface area contributed by atoms with Gasteiger partial charge in [0.2, 0.25) is 0 Å². The van der Waals surface area contributed by atoms with Crippen LogP contribution in [-0.2, 0) is 23.0 Å². The fraction of sp³-hybridized carbons (Fsp3) is 0.556. The third kappa shape index (κ3) is 19.9. The van der Waals surface area contributed by atoms with E-state index in [4.69, 9.17) is 38.0 Å². The zero-order valence-electron chi connectivity index (χ0n) is 30.9. The predicted molar refractivity (Wildman–Crippen MR) is 259 cm³/mol. The van der Waals surface area contributed by atoms with Crippen LogP contribution in [0.3, 0.4) is 0 Å². The van der Waals surface area contributed by atoms with Crippen LogP contribution < -0.4 is 27.8 Å². The second-order valence-corrected chi connectivity index (χ2v) is 19.7. The van der Waals surface area contributed by atoms with Gasteiger partial charge in [-0.1, -0.05) is 91.0 Å². The Labute approximate surface area is 381 Å². The first-order valence-electron chi connectivity index (χ1n) is 18.1. The Hall–Kier alpha value is -0.480. The Morgan fingerprint density at radius 1 is 0.655 bits per heavy atom. The number of nitrogens with one attached hydrogen (secondary N) is 4. The predicted octanol–water partition coefficient (Wildman–Crippen LogP) is 8.30. The number of aliphatic imine (C=N–C) groups is 2. The average Bonchev–Trinajstić information content (AvgIpc) is 3.99. The van der Waals surface area contributed by atoms with Crippen molar-refractivity contribution in [1.82, 2.24) is 20.4 Å². The van der Waals surface area contributed by atoms with Crippen LogP contribution in [0.5, 0.6) is 0 Å². The van der Waals surface area contributed by atoms with E-state index in [0.717, 1.165) is 92.9 Å². The van der Waals surface area contributed by atoms with Crippen molar-refractivity contribution in [2.75, 3.05) is 46.3 Å². The molecule has 2 aromatic carbocycles. The summed E-state index contributed by atoms with van der Waals surface area (Å²) < 4.78 is 2.13. The van der Waals surface area contributed by atoms with Gasteiger partial charge in [0.15, 0.2) is 20.7 Å². The van der Waals surface area contributed by atoms with Gasteiger partial charge in [0.1, 0.15) is 0 Å². The number of hydrogen-bond acceptors (Lipinski definition) is 13.